The number of unbranched alkanes of at least 4 members (excludes halogenated alkanes) is 2. The van der Waals surface area contributed by atoms with Crippen molar-refractivity contribution < 1.29 is 27.9 Å². The van der Waals surface area contributed by atoms with Crippen molar-refractivity contribution in [2.24, 2.45) is 0 Å². The molecule has 0 atom stereocenters. The van der Waals surface area contributed by atoms with Crippen molar-refractivity contribution in [2.75, 3.05) is 27.9 Å². The van der Waals surface area contributed by atoms with Crippen LogP contribution in [-0.4, -0.2) is 47.8 Å². The first-order valence-corrected chi connectivity index (χ1v) is 13.3. The maximum absolute atomic E-state index is 10.9. The molecule has 0 aliphatic heterocycles. The van der Waals surface area contributed by atoms with Crippen LogP contribution in [0.15, 0.2) is 48.5 Å². The summed E-state index contributed by atoms with van der Waals surface area (Å²) in [4.78, 5) is 10.9. The standard InChI is InChI=1S/C26H36O6Si/c1-5-6-7-9-21-10-14-23(15-11-21)24-16-12-22(13-17-26(27)28)20-25(24)32-18-8-19-33(29-2,30-3)31-4/h10-17,20H,5-9,18-19H2,1-4H3,(H,27,28)/b17-13+. The predicted octanol–water partition coefficient (Wildman–Crippen LogP) is 5.83. The minimum atomic E-state index is -2.65. The number of hydrogen-bond acceptors (Lipinski definition) is 5. The molecule has 0 aromatic heterocycles. The smallest absolute Gasteiger partial charge is 0.493 e. The SMILES string of the molecule is CCCCCc1ccc(-c2ccc(/C=C/C(=O)O)cc2OCCC[Si](OC)(OC)OC)cc1. The molecule has 2 aromatic carbocycles. The fraction of sp³-hybridized carbons (Fsp3) is 0.423. The van der Waals surface area contributed by atoms with Gasteiger partial charge in [0, 0.05) is 39.0 Å². The maximum Gasteiger partial charge on any atom is 0.500 e. The van der Waals surface area contributed by atoms with Gasteiger partial charge in [0.25, 0.3) is 0 Å². The van der Waals surface area contributed by atoms with E-state index in [0.717, 1.165) is 29.2 Å². The van der Waals surface area contributed by atoms with Crippen LogP contribution in [0.4, 0.5) is 0 Å². The number of carboxylic acid groups (broad SMARTS) is 1. The summed E-state index contributed by atoms with van der Waals surface area (Å²) < 4.78 is 22.6. The summed E-state index contributed by atoms with van der Waals surface area (Å²) in [6, 6.07) is 15.0. The molecule has 0 fully saturated rings. The van der Waals surface area contributed by atoms with Crippen molar-refractivity contribution in [1.29, 1.82) is 0 Å². The largest absolute Gasteiger partial charge is 0.500 e. The first kappa shape index (κ1) is 26.8. The van der Waals surface area contributed by atoms with Crippen LogP contribution in [0.3, 0.4) is 0 Å². The molecule has 0 saturated heterocycles. The molecule has 180 valence electrons. The Balaban J connectivity index is 2.19. The van der Waals surface area contributed by atoms with E-state index in [-0.39, 0.29) is 0 Å². The summed E-state index contributed by atoms with van der Waals surface area (Å²) >= 11 is 0. The monoisotopic (exact) mass is 472 g/mol. The fourth-order valence-corrected chi connectivity index (χ4v) is 5.31. The Morgan fingerprint density at radius 2 is 1.67 bits per heavy atom. The molecule has 7 heteroatoms. The molecule has 0 bridgehead atoms. The number of aliphatic carboxylic acids is 1. The Kier molecular flexibility index (Phi) is 11.3. The molecule has 0 spiro atoms. The van der Waals surface area contributed by atoms with Crippen LogP contribution in [0.1, 0.15) is 43.7 Å². The van der Waals surface area contributed by atoms with Crippen molar-refractivity contribution in [1.82, 2.24) is 0 Å². The van der Waals surface area contributed by atoms with Gasteiger partial charge in [-0.25, -0.2) is 4.79 Å². The van der Waals surface area contributed by atoms with Crippen molar-refractivity contribution in [2.45, 2.75) is 45.1 Å². The van der Waals surface area contributed by atoms with Crippen LogP contribution < -0.4 is 4.74 Å². The van der Waals surface area contributed by atoms with Gasteiger partial charge in [-0.15, -0.1) is 0 Å². The fourth-order valence-electron chi connectivity index (χ4n) is 3.63. The van der Waals surface area contributed by atoms with Gasteiger partial charge in [-0.1, -0.05) is 56.2 Å². The van der Waals surface area contributed by atoms with Gasteiger partial charge in [0.1, 0.15) is 5.75 Å². The van der Waals surface area contributed by atoms with Gasteiger partial charge in [0.05, 0.1) is 6.61 Å². The Bertz CT molecular complexity index is 882. The summed E-state index contributed by atoms with van der Waals surface area (Å²) in [5.41, 5.74) is 4.13. The second-order valence-electron chi connectivity index (χ2n) is 7.83. The third kappa shape index (κ3) is 8.44. The average molecular weight is 473 g/mol. The van der Waals surface area contributed by atoms with Crippen LogP contribution in [0, 0.1) is 0 Å². The van der Waals surface area contributed by atoms with E-state index in [2.05, 4.69) is 31.2 Å². The Hall–Kier alpha value is -2.45. The second-order valence-corrected chi connectivity index (χ2v) is 10.9. The first-order chi connectivity index (χ1) is 16.0. The average Bonchev–Trinajstić information content (AvgIpc) is 2.84. The van der Waals surface area contributed by atoms with Crippen molar-refractivity contribution in [3.63, 3.8) is 0 Å². The van der Waals surface area contributed by atoms with E-state index in [9.17, 15) is 4.79 Å². The lowest BCUT2D eigenvalue weighted by molar-refractivity contribution is -0.131. The molecule has 0 aliphatic rings. The molecule has 6 nitrogen and oxygen atoms in total. The lowest BCUT2D eigenvalue weighted by Gasteiger charge is -2.24. The topological polar surface area (TPSA) is 74.2 Å². The van der Waals surface area contributed by atoms with Crippen molar-refractivity contribution in [3.8, 4) is 16.9 Å². The summed E-state index contributed by atoms with van der Waals surface area (Å²) in [5.74, 6) is -0.277. The van der Waals surface area contributed by atoms with Gasteiger partial charge in [0.2, 0.25) is 0 Å². The molecule has 1 N–H and O–H groups in total. The summed E-state index contributed by atoms with van der Waals surface area (Å²) in [7, 11) is 2.15. The quantitative estimate of drug-likeness (QED) is 0.200. The maximum atomic E-state index is 10.9. The summed E-state index contributed by atoms with van der Waals surface area (Å²) in [6.07, 6.45) is 8.13. The molecule has 2 aromatic rings. The van der Waals surface area contributed by atoms with Gasteiger partial charge in [0.15, 0.2) is 0 Å². The lowest BCUT2D eigenvalue weighted by Crippen LogP contribution is -2.42. The van der Waals surface area contributed by atoms with Crippen LogP contribution in [0.25, 0.3) is 17.2 Å². The molecule has 0 aliphatic carbocycles. The van der Waals surface area contributed by atoms with Crippen LogP contribution >= 0.6 is 0 Å². The second kappa shape index (κ2) is 13.9. The van der Waals surface area contributed by atoms with E-state index in [4.69, 9.17) is 23.1 Å². The van der Waals surface area contributed by atoms with Crippen LogP contribution in [0.5, 0.6) is 5.75 Å². The third-order valence-electron chi connectivity index (χ3n) is 5.58. The summed E-state index contributed by atoms with van der Waals surface area (Å²) in [6.45, 7) is 2.67. The molecule has 0 heterocycles. The zero-order valence-electron chi connectivity index (χ0n) is 20.1. The molecule has 33 heavy (non-hydrogen) atoms. The number of carboxylic acids is 1. The number of benzene rings is 2. The zero-order chi connectivity index (χ0) is 24.1. The molecule has 0 amide bonds. The van der Waals surface area contributed by atoms with E-state index in [1.165, 1.54) is 24.8 Å². The Morgan fingerprint density at radius 1 is 0.970 bits per heavy atom. The van der Waals surface area contributed by atoms with Crippen LogP contribution in [0.2, 0.25) is 6.04 Å². The highest BCUT2D eigenvalue weighted by Crippen LogP contribution is 2.32. The highest BCUT2D eigenvalue weighted by atomic mass is 28.4. The Labute approximate surface area is 198 Å². The van der Waals surface area contributed by atoms with E-state index in [1.807, 2.05) is 18.2 Å². The molecule has 0 radical (unpaired) electrons. The van der Waals surface area contributed by atoms with Gasteiger partial charge in [-0.2, -0.15) is 0 Å². The molecule has 2 rings (SSSR count). The normalized spacial score (nSPS) is 11.8. The first-order valence-electron chi connectivity index (χ1n) is 11.4. The number of aryl methyl sites for hydroxylation is 1. The Morgan fingerprint density at radius 3 is 2.27 bits per heavy atom. The summed E-state index contributed by atoms with van der Waals surface area (Å²) in [5, 5.41) is 8.95. The highest BCUT2D eigenvalue weighted by Gasteiger charge is 2.36. The number of ether oxygens (including phenoxy) is 1. The van der Waals surface area contributed by atoms with Gasteiger partial charge < -0.3 is 23.1 Å². The van der Waals surface area contributed by atoms with E-state index >= 15 is 0 Å². The number of hydrogen-bond donors (Lipinski definition) is 1. The number of carbonyl (C=O) groups is 1. The predicted molar refractivity (Wildman–Crippen MR) is 133 cm³/mol. The van der Waals surface area contributed by atoms with E-state index < -0.39 is 14.8 Å². The van der Waals surface area contributed by atoms with Crippen LogP contribution in [-0.2, 0) is 24.5 Å². The molecule has 0 saturated carbocycles. The minimum Gasteiger partial charge on any atom is -0.493 e. The molecular weight excluding hydrogens is 436 g/mol. The third-order valence-corrected chi connectivity index (χ3v) is 8.41. The van der Waals surface area contributed by atoms with Gasteiger partial charge in [-0.3, -0.25) is 0 Å². The van der Waals surface area contributed by atoms with E-state index in [0.29, 0.717) is 24.8 Å². The highest BCUT2D eigenvalue weighted by molar-refractivity contribution is 6.60. The van der Waals surface area contributed by atoms with E-state index in [1.54, 1.807) is 27.4 Å². The van der Waals surface area contributed by atoms with Gasteiger partial charge in [-0.05, 0) is 48.1 Å². The van der Waals surface area contributed by atoms with Crippen molar-refractivity contribution in [3.05, 3.63) is 59.7 Å². The lowest BCUT2D eigenvalue weighted by atomic mass is 9.99. The van der Waals surface area contributed by atoms with Gasteiger partial charge >= 0.3 is 14.8 Å². The molecule has 0 unspecified atom stereocenters. The zero-order valence-corrected chi connectivity index (χ0v) is 21.1. The number of rotatable bonds is 15. The minimum absolute atomic E-state index is 0.457. The molecular formula is C26H36O6Si. The van der Waals surface area contributed by atoms with Crippen molar-refractivity contribution >= 4 is 20.8 Å².